The Morgan fingerprint density at radius 2 is 1.80 bits per heavy atom. The summed E-state index contributed by atoms with van der Waals surface area (Å²) in [7, 11) is 0. The molecule has 7 nitrogen and oxygen atoms in total. The van der Waals surface area contributed by atoms with Gasteiger partial charge in [-0.15, -0.1) is 0 Å². The van der Waals surface area contributed by atoms with Gasteiger partial charge in [0.05, 0.1) is 0 Å². The van der Waals surface area contributed by atoms with Gasteiger partial charge in [-0.1, -0.05) is 48.5 Å². The third-order valence-corrected chi connectivity index (χ3v) is 4.88. The molecule has 0 spiro atoms. The number of anilines is 1. The van der Waals surface area contributed by atoms with Crippen LogP contribution in [-0.4, -0.2) is 29.5 Å². The summed E-state index contributed by atoms with van der Waals surface area (Å²) < 4.78 is 5.22. The molecule has 7 heteroatoms. The van der Waals surface area contributed by atoms with Crippen molar-refractivity contribution in [3.05, 3.63) is 65.7 Å². The summed E-state index contributed by atoms with van der Waals surface area (Å²) in [4.78, 5) is 37.1. The summed E-state index contributed by atoms with van der Waals surface area (Å²) in [6.07, 6.45) is 0.623. The number of carbonyl (C=O) groups excluding carboxylic acids is 3. The van der Waals surface area contributed by atoms with Gasteiger partial charge in [-0.3, -0.25) is 9.59 Å². The Balaban J connectivity index is 1.48. The maximum atomic E-state index is 12.5. The molecule has 1 heterocycles. The van der Waals surface area contributed by atoms with E-state index in [1.54, 1.807) is 13.8 Å². The minimum Gasteiger partial charge on any atom is -0.445 e. The van der Waals surface area contributed by atoms with Crippen LogP contribution in [0.1, 0.15) is 37.8 Å². The smallest absolute Gasteiger partial charge is 0.407 e. The maximum Gasteiger partial charge on any atom is 0.407 e. The van der Waals surface area contributed by atoms with Gasteiger partial charge in [-0.25, -0.2) is 4.79 Å². The maximum absolute atomic E-state index is 12.5. The van der Waals surface area contributed by atoms with E-state index in [4.69, 9.17) is 4.74 Å². The summed E-state index contributed by atoms with van der Waals surface area (Å²) in [5.74, 6) is -0.546. The van der Waals surface area contributed by atoms with Crippen LogP contribution in [0.15, 0.2) is 54.6 Å². The van der Waals surface area contributed by atoms with E-state index in [1.807, 2.05) is 54.6 Å². The molecule has 0 fully saturated rings. The number of fused-ring (bicyclic) bond motifs is 1. The van der Waals surface area contributed by atoms with E-state index in [-0.39, 0.29) is 24.8 Å². The molecular weight excluding hydrogens is 382 g/mol. The lowest BCUT2D eigenvalue weighted by atomic mass is 9.99. The van der Waals surface area contributed by atoms with Gasteiger partial charge in [0, 0.05) is 17.6 Å². The highest BCUT2D eigenvalue weighted by Crippen LogP contribution is 2.21. The molecule has 158 valence electrons. The van der Waals surface area contributed by atoms with Crippen molar-refractivity contribution in [2.24, 2.45) is 0 Å². The number of hydrogen-bond donors (Lipinski definition) is 3. The molecule has 0 saturated carbocycles. The van der Waals surface area contributed by atoms with E-state index in [1.165, 1.54) is 0 Å². The van der Waals surface area contributed by atoms with Crippen molar-refractivity contribution >= 4 is 23.6 Å². The number of carbonyl (C=O) groups is 3. The predicted molar refractivity (Wildman–Crippen MR) is 114 cm³/mol. The standard InChI is InChI=1S/C23H27N3O4/c1-23(2,26-22(29)30-15-16-8-4-3-5-9-16)14-20(27)24-19-13-12-17-10-6-7-11-18(17)25-21(19)28/h3-11,19H,12-15H2,1-2H3,(H,24,27)(H,25,28)(H,26,29)/t19-/m0/s1. The Hall–Kier alpha value is -3.35. The van der Waals surface area contributed by atoms with Gasteiger partial charge >= 0.3 is 6.09 Å². The van der Waals surface area contributed by atoms with Crippen molar-refractivity contribution in [3.8, 4) is 0 Å². The molecule has 0 radical (unpaired) electrons. The van der Waals surface area contributed by atoms with Crippen molar-refractivity contribution in [2.75, 3.05) is 5.32 Å². The van der Waals surface area contributed by atoms with Crippen molar-refractivity contribution < 1.29 is 19.1 Å². The summed E-state index contributed by atoms with van der Waals surface area (Å²) in [6.45, 7) is 3.62. The second-order valence-electron chi connectivity index (χ2n) is 8.05. The molecule has 0 unspecified atom stereocenters. The third-order valence-electron chi connectivity index (χ3n) is 4.88. The number of hydrogen-bond acceptors (Lipinski definition) is 4. The number of para-hydroxylation sites is 1. The molecule has 30 heavy (non-hydrogen) atoms. The molecule has 0 saturated heterocycles. The largest absolute Gasteiger partial charge is 0.445 e. The number of amides is 3. The zero-order valence-electron chi connectivity index (χ0n) is 17.2. The summed E-state index contributed by atoms with van der Waals surface area (Å²) in [5.41, 5.74) is 1.87. The van der Waals surface area contributed by atoms with Gasteiger partial charge in [-0.2, -0.15) is 0 Å². The first kappa shape index (κ1) is 21.4. The van der Waals surface area contributed by atoms with Crippen LogP contribution in [-0.2, 0) is 27.4 Å². The van der Waals surface area contributed by atoms with Crippen molar-refractivity contribution in [3.63, 3.8) is 0 Å². The van der Waals surface area contributed by atoms with Crippen LogP contribution in [0.2, 0.25) is 0 Å². The summed E-state index contributed by atoms with van der Waals surface area (Å²) in [6, 6.07) is 16.3. The van der Waals surface area contributed by atoms with Crippen LogP contribution in [0.3, 0.4) is 0 Å². The Labute approximate surface area is 176 Å². The minimum absolute atomic E-state index is 0.0180. The van der Waals surface area contributed by atoms with Crippen LogP contribution in [0.5, 0.6) is 0 Å². The Bertz CT molecular complexity index is 912. The highest BCUT2D eigenvalue weighted by Gasteiger charge is 2.29. The van der Waals surface area contributed by atoms with Crippen LogP contribution in [0.4, 0.5) is 10.5 Å². The lowest BCUT2D eigenvalue weighted by Gasteiger charge is -2.26. The number of rotatable bonds is 6. The second-order valence-corrected chi connectivity index (χ2v) is 8.05. The van der Waals surface area contributed by atoms with E-state index in [0.717, 1.165) is 16.8 Å². The zero-order valence-corrected chi connectivity index (χ0v) is 17.2. The Morgan fingerprint density at radius 1 is 1.10 bits per heavy atom. The minimum atomic E-state index is -0.831. The van der Waals surface area contributed by atoms with E-state index in [2.05, 4.69) is 16.0 Å². The summed E-state index contributed by atoms with van der Waals surface area (Å²) in [5, 5.41) is 8.36. The highest BCUT2D eigenvalue weighted by atomic mass is 16.5. The number of benzene rings is 2. The average Bonchev–Trinajstić information content (AvgIpc) is 2.85. The second kappa shape index (κ2) is 9.43. The molecule has 0 aliphatic carbocycles. The van der Waals surface area contributed by atoms with Crippen LogP contribution < -0.4 is 16.0 Å². The first-order valence-corrected chi connectivity index (χ1v) is 9.99. The normalized spacial score (nSPS) is 15.9. The first-order chi connectivity index (χ1) is 14.3. The van der Waals surface area contributed by atoms with Crippen LogP contribution in [0, 0.1) is 0 Å². The van der Waals surface area contributed by atoms with Gasteiger partial charge < -0.3 is 20.7 Å². The van der Waals surface area contributed by atoms with E-state index < -0.39 is 17.7 Å². The van der Waals surface area contributed by atoms with Gasteiger partial charge in [-0.05, 0) is 43.9 Å². The highest BCUT2D eigenvalue weighted by molar-refractivity contribution is 5.98. The molecule has 3 N–H and O–H groups in total. The van der Waals surface area contributed by atoms with Gasteiger partial charge in [0.25, 0.3) is 0 Å². The monoisotopic (exact) mass is 409 g/mol. The molecule has 1 aliphatic rings. The molecule has 0 bridgehead atoms. The third kappa shape index (κ3) is 6.07. The lowest BCUT2D eigenvalue weighted by molar-refractivity contribution is -0.127. The molecule has 1 atom stereocenters. The van der Waals surface area contributed by atoms with Gasteiger partial charge in [0.1, 0.15) is 12.6 Å². The molecule has 3 rings (SSSR count). The molecule has 2 aromatic carbocycles. The Morgan fingerprint density at radius 3 is 2.57 bits per heavy atom. The quantitative estimate of drug-likeness (QED) is 0.683. The first-order valence-electron chi connectivity index (χ1n) is 9.99. The van der Waals surface area contributed by atoms with E-state index >= 15 is 0 Å². The molecule has 2 aromatic rings. The fourth-order valence-electron chi connectivity index (χ4n) is 3.38. The van der Waals surface area contributed by atoms with E-state index in [9.17, 15) is 14.4 Å². The SMILES string of the molecule is CC(C)(CC(=O)N[C@H]1CCc2ccccc2NC1=O)NC(=O)OCc1ccccc1. The fraction of sp³-hybridized carbons (Fsp3) is 0.348. The topological polar surface area (TPSA) is 96.5 Å². The molecule has 3 amide bonds. The number of nitrogens with one attached hydrogen (secondary N) is 3. The fourth-order valence-corrected chi connectivity index (χ4v) is 3.38. The van der Waals surface area contributed by atoms with Crippen LogP contribution >= 0.6 is 0 Å². The average molecular weight is 409 g/mol. The van der Waals surface area contributed by atoms with Crippen molar-refractivity contribution in [1.82, 2.24) is 10.6 Å². The van der Waals surface area contributed by atoms with Gasteiger partial charge in [0.2, 0.25) is 11.8 Å². The molecular formula is C23H27N3O4. The number of aryl methyl sites for hydroxylation is 1. The molecule has 1 aliphatic heterocycles. The number of alkyl carbamates (subject to hydrolysis) is 1. The zero-order chi connectivity index (χ0) is 21.6. The summed E-state index contributed by atoms with van der Waals surface area (Å²) >= 11 is 0. The lowest BCUT2D eigenvalue weighted by Crippen LogP contribution is -2.50. The van der Waals surface area contributed by atoms with E-state index in [0.29, 0.717) is 12.8 Å². The number of ether oxygens (including phenoxy) is 1. The Kier molecular flexibility index (Phi) is 6.72. The van der Waals surface area contributed by atoms with Crippen LogP contribution in [0.25, 0.3) is 0 Å². The molecule has 0 aromatic heterocycles. The van der Waals surface area contributed by atoms with Gasteiger partial charge in [0.15, 0.2) is 0 Å². The van der Waals surface area contributed by atoms with Crippen molar-refractivity contribution in [1.29, 1.82) is 0 Å². The predicted octanol–water partition coefficient (Wildman–Crippen LogP) is 3.15. The van der Waals surface area contributed by atoms with Crippen molar-refractivity contribution in [2.45, 2.75) is 51.3 Å².